The molecule has 0 aromatic carbocycles. The zero-order chi connectivity index (χ0) is 24.7. The van der Waals surface area contributed by atoms with Gasteiger partial charge in [-0.25, -0.2) is 4.39 Å². The topological polar surface area (TPSA) is 43.4 Å². The molecule has 0 heterocycles. The van der Waals surface area contributed by atoms with E-state index in [9.17, 15) is 12.8 Å². The first-order chi connectivity index (χ1) is 15.3. The third-order valence-electron chi connectivity index (χ3n) is 6.78. The number of alkyl halides is 1. The van der Waals surface area contributed by atoms with Crippen molar-refractivity contribution >= 4 is 10.1 Å². The summed E-state index contributed by atoms with van der Waals surface area (Å²) in [5.74, 6) is 0. The molecule has 6 heteroatoms. The molecule has 0 saturated carbocycles. The third-order valence-corrected chi connectivity index (χ3v) is 8.13. The summed E-state index contributed by atoms with van der Waals surface area (Å²) in [4.78, 5) is 0. The molecule has 0 rings (SSSR count). The first-order valence-corrected chi connectivity index (χ1v) is 15.1. The maximum atomic E-state index is 13.7. The Balaban J connectivity index is 0. The number of hydrogen-bond donors (Lipinski definition) is 0. The van der Waals surface area contributed by atoms with Crippen LogP contribution < -0.4 is 0 Å². The normalized spacial score (nSPS) is 13.0. The molecule has 0 spiro atoms. The van der Waals surface area contributed by atoms with Crippen LogP contribution in [0.2, 0.25) is 0 Å². The molecule has 4 nitrogen and oxygen atoms in total. The van der Waals surface area contributed by atoms with Crippen molar-refractivity contribution in [3.05, 3.63) is 0 Å². The van der Waals surface area contributed by atoms with E-state index < -0.39 is 15.6 Å². The molecule has 32 heavy (non-hydrogen) atoms. The summed E-state index contributed by atoms with van der Waals surface area (Å²) in [5, 5.41) is 0. The molecule has 0 aromatic heterocycles. The largest absolute Gasteiger partial charge is 0.325 e. The molecule has 0 aliphatic carbocycles. The summed E-state index contributed by atoms with van der Waals surface area (Å²) < 4.78 is 43.0. The molecule has 0 fully saturated rings. The fourth-order valence-electron chi connectivity index (χ4n) is 3.88. The molecular weight excluding hydrogens is 425 g/mol. The van der Waals surface area contributed by atoms with Gasteiger partial charge in [-0.15, -0.1) is 0 Å². The smallest absolute Gasteiger partial charge is 0.299 e. The Hall–Kier alpha value is -0.200. The van der Waals surface area contributed by atoms with Crippen LogP contribution in [0.1, 0.15) is 131 Å². The van der Waals surface area contributed by atoms with Crippen LogP contribution in [0.5, 0.6) is 0 Å². The Morgan fingerprint density at radius 1 is 0.625 bits per heavy atom. The van der Waals surface area contributed by atoms with E-state index in [1.807, 2.05) is 0 Å². The van der Waals surface area contributed by atoms with E-state index in [1.54, 1.807) is 0 Å². The second-order valence-electron chi connectivity index (χ2n) is 9.01. The fourth-order valence-corrected chi connectivity index (χ4v) is 4.83. The van der Waals surface area contributed by atoms with Gasteiger partial charge in [0, 0.05) is 0 Å². The van der Waals surface area contributed by atoms with Gasteiger partial charge in [0.2, 0.25) is 5.50 Å². The van der Waals surface area contributed by atoms with E-state index in [1.165, 1.54) is 69.2 Å². The van der Waals surface area contributed by atoms with Gasteiger partial charge in [0.15, 0.2) is 0 Å². The van der Waals surface area contributed by atoms with Crippen molar-refractivity contribution in [2.24, 2.45) is 0 Å². The van der Waals surface area contributed by atoms with Crippen LogP contribution in [-0.2, 0) is 14.3 Å². The molecule has 0 aliphatic heterocycles. The SMILES string of the molecule is CCCCCCCCCCCOS(=O)(=O)C(F)CCCCCC.CC[N+](CC)(CC)CC. The van der Waals surface area contributed by atoms with Crippen LogP contribution in [-0.4, -0.2) is 51.2 Å². The number of quaternary nitrogens is 1. The second-order valence-corrected chi connectivity index (χ2v) is 10.7. The zero-order valence-corrected chi connectivity index (χ0v) is 23.3. The summed E-state index contributed by atoms with van der Waals surface area (Å²) in [7, 11) is -4.02. The van der Waals surface area contributed by atoms with Crippen molar-refractivity contribution in [1.82, 2.24) is 0 Å². The Labute approximate surface area is 201 Å². The molecule has 0 bridgehead atoms. The van der Waals surface area contributed by atoms with Gasteiger partial charge in [0.25, 0.3) is 10.1 Å². The van der Waals surface area contributed by atoms with Crippen molar-refractivity contribution in [2.75, 3.05) is 32.8 Å². The summed E-state index contributed by atoms with van der Waals surface area (Å²) in [6.45, 7) is 18.6. The standard InChI is InChI=1S/C18H37FO3S.C8H20N/c1-3-5-7-9-10-11-12-13-15-17-22-23(20,21)18(19)16-14-8-6-4-2;1-5-9(6-2,7-3)8-4/h18H,3-17H2,1-2H3;5-8H2,1-4H3/q;+1. The molecule has 0 saturated heterocycles. The third kappa shape index (κ3) is 18.3. The Morgan fingerprint density at radius 2 is 1.00 bits per heavy atom. The lowest BCUT2D eigenvalue weighted by Gasteiger charge is -2.34. The van der Waals surface area contributed by atoms with Gasteiger partial charge in [0.05, 0.1) is 32.8 Å². The molecule has 196 valence electrons. The van der Waals surface area contributed by atoms with Crippen molar-refractivity contribution < 1.29 is 21.5 Å². The van der Waals surface area contributed by atoms with Crippen LogP contribution in [0.3, 0.4) is 0 Å². The number of halogens is 1. The van der Waals surface area contributed by atoms with Crippen molar-refractivity contribution in [3.63, 3.8) is 0 Å². The Morgan fingerprint density at radius 3 is 1.38 bits per heavy atom. The van der Waals surface area contributed by atoms with Gasteiger partial charge in [-0.1, -0.05) is 84.5 Å². The number of rotatable bonds is 21. The predicted octanol–water partition coefficient (Wildman–Crippen LogP) is 8.01. The minimum Gasteiger partial charge on any atom is -0.325 e. The first kappa shape index (κ1) is 34.0. The monoisotopic (exact) mass is 482 g/mol. The number of nitrogens with zero attached hydrogens (tertiary/aromatic N) is 1. The van der Waals surface area contributed by atoms with Gasteiger partial charge in [-0.05, 0) is 47.0 Å². The van der Waals surface area contributed by atoms with Crippen LogP contribution in [0.15, 0.2) is 0 Å². The highest BCUT2D eigenvalue weighted by atomic mass is 32.2. The molecule has 0 aliphatic rings. The van der Waals surface area contributed by atoms with Crippen molar-refractivity contribution in [3.8, 4) is 0 Å². The van der Waals surface area contributed by atoms with Crippen molar-refractivity contribution in [2.45, 2.75) is 137 Å². The zero-order valence-electron chi connectivity index (χ0n) is 22.5. The lowest BCUT2D eigenvalue weighted by molar-refractivity contribution is -0.921. The molecule has 1 atom stereocenters. The second kappa shape index (κ2) is 22.6. The van der Waals surface area contributed by atoms with Gasteiger partial charge in [-0.3, -0.25) is 4.18 Å². The first-order valence-electron chi connectivity index (χ1n) is 13.7. The van der Waals surface area contributed by atoms with E-state index in [-0.39, 0.29) is 13.0 Å². The highest BCUT2D eigenvalue weighted by Gasteiger charge is 2.25. The van der Waals surface area contributed by atoms with E-state index in [2.05, 4.69) is 41.5 Å². The van der Waals surface area contributed by atoms with Gasteiger partial charge < -0.3 is 4.48 Å². The van der Waals surface area contributed by atoms with E-state index in [0.29, 0.717) is 12.8 Å². The Kier molecular flexibility index (Phi) is 24.0. The van der Waals surface area contributed by atoms with Gasteiger partial charge in [0.1, 0.15) is 0 Å². The Bertz CT molecular complexity index is 464. The maximum absolute atomic E-state index is 13.7. The van der Waals surface area contributed by atoms with Crippen LogP contribution >= 0.6 is 0 Å². The molecule has 0 aromatic rings. The molecule has 1 unspecified atom stereocenters. The van der Waals surface area contributed by atoms with Gasteiger partial charge >= 0.3 is 0 Å². The van der Waals surface area contributed by atoms with Crippen molar-refractivity contribution in [1.29, 1.82) is 0 Å². The summed E-state index contributed by atoms with van der Waals surface area (Å²) in [6, 6.07) is 0. The molecular formula is C26H57FNO3S+. The molecule has 0 radical (unpaired) electrons. The lowest BCUT2D eigenvalue weighted by Crippen LogP contribution is -2.47. The highest BCUT2D eigenvalue weighted by molar-refractivity contribution is 7.87. The van der Waals surface area contributed by atoms with Gasteiger partial charge in [-0.2, -0.15) is 8.42 Å². The fraction of sp³-hybridized carbons (Fsp3) is 1.00. The summed E-state index contributed by atoms with van der Waals surface area (Å²) in [6.07, 6.45) is 14.0. The average Bonchev–Trinajstić information content (AvgIpc) is 2.80. The van der Waals surface area contributed by atoms with Crippen LogP contribution in [0, 0.1) is 0 Å². The lowest BCUT2D eigenvalue weighted by atomic mass is 10.1. The minimum absolute atomic E-state index is 0.0556. The molecule has 0 N–H and O–H groups in total. The number of hydrogen-bond acceptors (Lipinski definition) is 3. The summed E-state index contributed by atoms with van der Waals surface area (Å²) in [5.41, 5.74) is -1.86. The van der Waals surface area contributed by atoms with E-state index in [4.69, 9.17) is 4.18 Å². The summed E-state index contributed by atoms with van der Waals surface area (Å²) >= 11 is 0. The number of unbranched alkanes of at least 4 members (excludes halogenated alkanes) is 11. The highest BCUT2D eigenvalue weighted by Crippen LogP contribution is 2.16. The van der Waals surface area contributed by atoms with Crippen LogP contribution in [0.4, 0.5) is 4.39 Å². The minimum atomic E-state index is -4.02. The van der Waals surface area contributed by atoms with E-state index >= 15 is 0 Å². The predicted molar refractivity (Wildman–Crippen MR) is 138 cm³/mol. The van der Waals surface area contributed by atoms with E-state index in [0.717, 1.165) is 32.1 Å². The quantitative estimate of drug-likeness (QED) is 0.0945. The average molecular weight is 483 g/mol. The van der Waals surface area contributed by atoms with Crippen LogP contribution in [0.25, 0.3) is 0 Å². The molecule has 0 amide bonds. The maximum Gasteiger partial charge on any atom is 0.299 e.